The van der Waals surface area contributed by atoms with Crippen LogP contribution in [0.1, 0.15) is 34.8 Å². The number of ether oxygens (including phenoxy) is 2. The quantitative estimate of drug-likeness (QED) is 0.688. The van der Waals surface area contributed by atoms with Crippen LogP contribution in [0.4, 0.5) is 0 Å². The molecule has 1 aromatic carbocycles. The Kier molecular flexibility index (Phi) is 4.92. The third-order valence-electron chi connectivity index (χ3n) is 4.97. The van der Waals surface area contributed by atoms with Crippen molar-refractivity contribution in [1.82, 2.24) is 4.57 Å². The highest BCUT2D eigenvalue weighted by Crippen LogP contribution is 2.46. The molecule has 1 fully saturated rings. The van der Waals surface area contributed by atoms with Crippen LogP contribution in [-0.4, -0.2) is 44.4 Å². The van der Waals surface area contributed by atoms with Crippen LogP contribution in [0.3, 0.4) is 0 Å². The Labute approximate surface area is 171 Å². The molecule has 0 unspecified atom stereocenters. The molecule has 0 bridgehead atoms. The Hall–Kier alpha value is -2.36. The minimum absolute atomic E-state index is 0.0127. The molecule has 0 atom stereocenters. The van der Waals surface area contributed by atoms with Crippen molar-refractivity contribution in [3.05, 3.63) is 44.7 Å². The molecule has 29 heavy (non-hydrogen) atoms. The van der Waals surface area contributed by atoms with Gasteiger partial charge in [0.15, 0.2) is 9.84 Å². The first-order chi connectivity index (χ1) is 13.7. The van der Waals surface area contributed by atoms with Crippen LogP contribution < -0.4 is 10.3 Å². The van der Waals surface area contributed by atoms with E-state index in [1.54, 1.807) is 0 Å². The van der Waals surface area contributed by atoms with Gasteiger partial charge >= 0.3 is 5.97 Å². The molecule has 2 aromatic rings. The van der Waals surface area contributed by atoms with Crippen molar-refractivity contribution in [3.8, 4) is 17.0 Å². The SMILES string of the molecule is COCCOc1cc2c(cc1Cl)-c1c(cc(C(=O)O)c(=O)n1C1CC1)CS2(=O)=O. The van der Waals surface area contributed by atoms with Gasteiger partial charge in [-0.2, -0.15) is 0 Å². The van der Waals surface area contributed by atoms with Crippen molar-refractivity contribution >= 4 is 27.4 Å². The molecule has 0 saturated heterocycles. The normalized spacial score (nSPS) is 16.8. The molecule has 8 nitrogen and oxygen atoms in total. The van der Waals surface area contributed by atoms with E-state index in [2.05, 4.69) is 0 Å². The van der Waals surface area contributed by atoms with Gasteiger partial charge in [0.25, 0.3) is 5.56 Å². The van der Waals surface area contributed by atoms with Gasteiger partial charge in [0.2, 0.25) is 0 Å². The van der Waals surface area contributed by atoms with Gasteiger partial charge in [0, 0.05) is 24.8 Å². The first kappa shape index (κ1) is 19.9. The molecular weight excluding hydrogens is 422 g/mol. The Morgan fingerprint density at radius 2 is 2.00 bits per heavy atom. The Morgan fingerprint density at radius 1 is 1.28 bits per heavy atom. The van der Waals surface area contributed by atoms with Crippen LogP contribution >= 0.6 is 11.6 Å². The lowest BCUT2D eigenvalue weighted by Gasteiger charge is -2.25. The Morgan fingerprint density at radius 3 is 2.62 bits per heavy atom. The van der Waals surface area contributed by atoms with Crippen LogP contribution in [0, 0.1) is 0 Å². The fraction of sp³-hybridized carbons (Fsp3) is 0.368. The van der Waals surface area contributed by atoms with Crippen molar-refractivity contribution in [2.45, 2.75) is 29.5 Å². The number of aromatic carboxylic acids is 1. The maximum absolute atomic E-state index is 12.9. The first-order valence-electron chi connectivity index (χ1n) is 8.94. The number of carboxylic acid groups (broad SMARTS) is 1. The van der Waals surface area contributed by atoms with Gasteiger partial charge in [-0.05, 0) is 30.5 Å². The number of hydrogen-bond acceptors (Lipinski definition) is 6. The number of pyridine rings is 1. The largest absolute Gasteiger partial charge is 0.490 e. The van der Waals surface area contributed by atoms with E-state index < -0.39 is 32.7 Å². The Bertz CT molecular complexity index is 1180. The maximum Gasteiger partial charge on any atom is 0.341 e. The lowest BCUT2D eigenvalue weighted by atomic mass is 10.0. The predicted molar refractivity (Wildman–Crippen MR) is 105 cm³/mol. The van der Waals surface area contributed by atoms with Crippen molar-refractivity contribution in [2.24, 2.45) is 0 Å². The zero-order valence-electron chi connectivity index (χ0n) is 15.5. The molecule has 4 rings (SSSR count). The third-order valence-corrected chi connectivity index (χ3v) is 6.96. The fourth-order valence-corrected chi connectivity index (χ4v) is 5.32. The van der Waals surface area contributed by atoms with Gasteiger partial charge in [-0.3, -0.25) is 4.79 Å². The number of sulfone groups is 1. The molecule has 0 radical (unpaired) electrons. The molecule has 1 aromatic heterocycles. The zero-order valence-corrected chi connectivity index (χ0v) is 17.0. The number of rotatable bonds is 6. The first-order valence-corrected chi connectivity index (χ1v) is 11.0. The molecule has 2 aliphatic rings. The second-order valence-corrected chi connectivity index (χ2v) is 9.39. The molecule has 0 amide bonds. The summed E-state index contributed by atoms with van der Waals surface area (Å²) >= 11 is 6.33. The van der Waals surface area contributed by atoms with E-state index in [1.165, 1.54) is 23.8 Å². The van der Waals surface area contributed by atoms with Crippen molar-refractivity contribution in [2.75, 3.05) is 20.3 Å². The van der Waals surface area contributed by atoms with E-state index >= 15 is 0 Å². The highest BCUT2D eigenvalue weighted by molar-refractivity contribution is 7.90. The summed E-state index contributed by atoms with van der Waals surface area (Å²) in [5.41, 5.74) is -0.0834. The highest BCUT2D eigenvalue weighted by Gasteiger charge is 2.37. The Balaban J connectivity index is 1.97. The summed E-state index contributed by atoms with van der Waals surface area (Å²) < 4.78 is 37.7. The van der Waals surface area contributed by atoms with E-state index in [-0.39, 0.29) is 39.4 Å². The number of carbonyl (C=O) groups is 1. The van der Waals surface area contributed by atoms with Crippen LogP contribution in [0.2, 0.25) is 5.02 Å². The summed E-state index contributed by atoms with van der Waals surface area (Å²) in [6.45, 7) is 0.503. The molecule has 1 saturated carbocycles. The number of aromatic nitrogens is 1. The van der Waals surface area contributed by atoms with Gasteiger partial charge in [0.1, 0.15) is 17.9 Å². The molecule has 2 heterocycles. The number of benzene rings is 1. The van der Waals surface area contributed by atoms with Gasteiger partial charge < -0.3 is 19.1 Å². The van der Waals surface area contributed by atoms with Crippen LogP contribution in [0.25, 0.3) is 11.3 Å². The second-order valence-electron chi connectivity index (χ2n) is 7.02. The van der Waals surface area contributed by atoms with E-state index in [1.807, 2.05) is 0 Å². The molecule has 1 aliphatic carbocycles. The summed E-state index contributed by atoms with van der Waals surface area (Å²) in [6, 6.07) is 3.84. The standard InChI is InChI=1S/C19H18ClNO7S/c1-27-4-5-28-15-8-16-12(7-14(15)20)17-10(9-29(16,25)26)6-13(19(23)24)18(22)21(17)11-2-3-11/h6-8,11H,2-5,9H2,1H3,(H,23,24). The topological polar surface area (TPSA) is 112 Å². The third kappa shape index (κ3) is 3.43. The van der Waals surface area contributed by atoms with Crippen LogP contribution in [-0.2, 0) is 20.3 Å². The minimum Gasteiger partial charge on any atom is -0.490 e. The molecule has 1 N–H and O–H groups in total. The molecule has 10 heteroatoms. The molecule has 154 valence electrons. The lowest BCUT2D eigenvalue weighted by molar-refractivity contribution is 0.0694. The summed E-state index contributed by atoms with van der Waals surface area (Å²) in [5, 5.41) is 9.59. The predicted octanol–water partition coefficient (Wildman–Crippen LogP) is 2.51. The summed E-state index contributed by atoms with van der Waals surface area (Å²) in [6.07, 6.45) is 1.45. The highest BCUT2D eigenvalue weighted by atomic mass is 35.5. The molecule has 0 spiro atoms. The van der Waals surface area contributed by atoms with Gasteiger partial charge in [0.05, 0.1) is 28.0 Å². The number of fused-ring (bicyclic) bond motifs is 3. The summed E-state index contributed by atoms with van der Waals surface area (Å²) in [5.74, 6) is -1.57. The number of methoxy groups -OCH3 is 1. The van der Waals surface area contributed by atoms with Crippen LogP contribution in [0.15, 0.2) is 27.9 Å². The van der Waals surface area contributed by atoms with Crippen LogP contribution in [0.5, 0.6) is 5.75 Å². The van der Waals surface area contributed by atoms with Gasteiger partial charge in [-0.25, -0.2) is 13.2 Å². The number of nitrogens with zero attached hydrogens (tertiary/aromatic N) is 1. The monoisotopic (exact) mass is 439 g/mol. The number of carboxylic acids is 1. The van der Waals surface area contributed by atoms with E-state index in [0.717, 1.165) is 18.9 Å². The zero-order chi connectivity index (χ0) is 20.9. The number of hydrogen-bond donors (Lipinski definition) is 1. The van der Waals surface area contributed by atoms with Gasteiger partial charge in [-0.1, -0.05) is 11.6 Å². The average molecular weight is 440 g/mol. The van der Waals surface area contributed by atoms with Crippen molar-refractivity contribution < 1.29 is 27.8 Å². The molecular formula is C19H18ClNO7S. The van der Waals surface area contributed by atoms with Crippen molar-refractivity contribution in [1.29, 1.82) is 0 Å². The minimum atomic E-state index is -3.78. The molecule has 1 aliphatic heterocycles. The van der Waals surface area contributed by atoms with Gasteiger partial charge in [-0.15, -0.1) is 0 Å². The summed E-state index contributed by atoms with van der Waals surface area (Å²) in [7, 11) is -2.27. The fourth-order valence-electron chi connectivity index (χ4n) is 3.54. The van der Waals surface area contributed by atoms with E-state index in [0.29, 0.717) is 12.3 Å². The average Bonchev–Trinajstić information content (AvgIpc) is 3.47. The number of halogens is 1. The summed E-state index contributed by atoms with van der Waals surface area (Å²) in [4.78, 5) is 24.4. The second kappa shape index (κ2) is 7.16. The van der Waals surface area contributed by atoms with E-state index in [9.17, 15) is 23.1 Å². The van der Waals surface area contributed by atoms with Crippen molar-refractivity contribution in [3.63, 3.8) is 0 Å². The van der Waals surface area contributed by atoms with E-state index in [4.69, 9.17) is 21.1 Å². The maximum atomic E-state index is 12.9. The smallest absolute Gasteiger partial charge is 0.341 e. The lowest BCUT2D eigenvalue weighted by Crippen LogP contribution is -2.30.